The first-order valence-corrected chi connectivity index (χ1v) is 6.19. The Balaban J connectivity index is 2.12. The van der Waals surface area contributed by atoms with Gasteiger partial charge in [0.05, 0.1) is 5.69 Å². The summed E-state index contributed by atoms with van der Waals surface area (Å²) in [6, 6.07) is 2.71. The zero-order valence-electron chi connectivity index (χ0n) is 10.6. The van der Waals surface area contributed by atoms with Gasteiger partial charge in [0.1, 0.15) is 0 Å². The van der Waals surface area contributed by atoms with Gasteiger partial charge in [0.25, 0.3) is 0 Å². The second-order valence-electron chi connectivity index (χ2n) is 4.42. The predicted octanol–water partition coefficient (Wildman–Crippen LogP) is 1.45. The highest BCUT2D eigenvalue weighted by atomic mass is 15.1. The number of aromatic nitrogens is 2. The van der Waals surface area contributed by atoms with Gasteiger partial charge in [0.2, 0.25) is 0 Å². The number of hydrogen-bond donors (Lipinski definition) is 3. The highest BCUT2D eigenvalue weighted by molar-refractivity contribution is 5.08. The number of nitrogens with one attached hydrogen (secondary N) is 3. The van der Waals surface area contributed by atoms with Gasteiger partial charge < -0.3 is 10.6 Å². The molecule has 0 saturated heterocycles. The van der Waals surface area contributed by atoms with E-state index in [2.05, 4.69) is 47.7 Å². The molecular formula is C12H24N4. The van der Waals surface area contributed by atoms with Crippen LogP contribution in [-0.4, -0.2) is 29.3 Å². The highest BCUT2D eigenvalue weighted by Crippen LogP contribution is 2.01. The van der Waals surface area contributed by atoms with Crippen molar-refractivity contribution in [3.8, 4) is 0 Å². The fourth-order valence-corrected chi connectivity index (χ4v) is 1.56. The van der Waals surface area contributed by atoms with Crippen molar-refractivity contribution in [1.29, 1.82) is 0 Å². The largest absolute Gasteiger partial charge is 0.313 e. The van der Waals surface area contributed by atoms with Crippen LogP contribution in [-0.2, 0) is 13.0 Å². The average Bonchev–Trinajstić information content (AvgIpc) is 2.65. The Bertz CT molecular complexity index is 280. The molecule has 0 unspecified atom stereocenters. The predicted molar refractivity (Wildman–Crippen MR) is 67.4 cm³/mol. The molecule has 0 spiro atoms. The Morgan fingerprint density at radius 3 is 2.88 bits per heavy atom. The molecule has 0 bridgehead atoms. The molecule has 0 saturated carbocycles. The van der Waals surface area contributed by atoms with E-state index >= 15 is 0 Å². The topological polar surface area (TPSA) is 52.7 Å². The third-order valence-electron chi connectivity index (χ3n) is 2.36. The van der Waals surface area contributed by atoms with Gasteiger partial charge in [0.15, 0.2) is 0 Å². The van der Waals surface area contributed by atoms with Crippen molar-refractivity contribution in [3.63, 3.8) is 0 Å². The van der Waals surface area contributed by atoms with E-state index < -0.39 is 0 Å². The normalized spacial score (nSPS) is 11.2. The minimum atomic E-state index is 0.560. The quantitative estimate of drug-likeness (QED) is 0.586. The second-order valence-corrected chi connectivity index (χ2v) is 4.42. The average molecular weight is 224 g/mol. The zero-order valence-corrected chi connectivity index (χ0v) is 10.6. The van der Waals surface area contributed by atoms with Crippen molar-refractivity contribution in [1.82, 2.24) is 20.8 Å². The lowest BCUT2D eigenvalue weighted by molar-refractivity contribution is 0.553. The Morgan fingerprint density at radius 2 is 2.19 bits per heavy atom. The summed E-state index contributed by atoms with van der Waals surface area (Å²) in [6.45, 7) is 9.35. The zero-order chi connectivity index (χ0) is 11.8. The Hall–Kier alpha value is -0.870. The van der Waals surface area contributed by atoms with Crippen molar-refractivity contribution in [2.24, 2.45) is 0 Å². The molecule has 92 valence electrons. The Kier molecular flexibility index (Phi) is 6.11. The summed E-state index contributed by atoms with van der Waals surface area (Å²) in [5.41, 5.74) is 2.34. The molecule has 1 aromatic heterocycles. The summed E-state index contributed by atoms with van der Waals surface area (Å²) in [7, 11) is 0. The minimum Gasteiger partial charge on any atom is -0.313 e. The van der Waals surface area contributed by atoms with Gasteiger partial charge in [-0.25, -0.2) is 0 Å². The van der Waals surface area contributed by atoms with E-state index in [-0.39, 0.29) is 0 Å². The van der Waals surface area contributed by atoms with Crippen molar-refractivity contribution in [2.75, 3.05) is 13.1 Å². The van der Waals surface area contributed by atoms with Crippen LogP contribution in [0.3, 0.4) is 0 Å². The van der Waals surface area contributed by atoms with Crippen molar-refractivity contribution >= 4 is 0 Å². The highest BCUT2D eigenvalue weighted by Gasteiger charge is 1.99. The summed E-state index contributed by atoms with van der Waals surface area (Å²) in [5, 5.41) is 14.1. The molecule has 16 heavy (non-hydrogen) atoms. The van der Waals surface area contributed by atoms with Crippen LogP contribution in [0.4, 0.5) is 0 Å². The maximum absolute atomic E-state index is 4.25. The number of hydrogen-bond acceptors (Lipinski definition) is 3. The Morgan fingerprint density at radius 1 is 1.38 bits per heavy atom. The number of aromatic amines is 1. The number of rotatable bonds is 8. The van der Waals surface area contributed by atoms with Crippen LogP contribution in [0.25, 0.3) is 0 Å². The first-order valence-electron chi connectivity index (χ1n) is 6.19. The summed E-state index contributed by atoms with van der Waals surface area (Å²) in [5.74, 6) is 0. The van der Waals surface area contributed by atoms with E-state index in [4.69, 9.17) is 0 Å². The van der Waals surface area contributed by atoms with Gasteiger partial charge in [-0.3, -0.25) is 5.10 Å². The number of aryl methyl sites for hydroxylation is 1. The molecule has 0 fully saturated rings. The van der Waals surface area contributed by atoms with E-state index in [1.165, 1.54) is 11.4 Å². The molecule has 1 rings (SSSR count). The van der Waals surface area contributed by atoms with Gasteiger partial charge in [-0.05, 0) is 12.5 Å². The Labute approximate surface area is 98.2 Å². The summed E-state index contributed by atoms with van der Waals surface area (Å²) in [6.07, 6.45) is 2.21. The van der Waals surface area contributed by atoms with E-state index in [0.717, 1.165) is 32.5 Å². The lowest BCUT2D eigenvalue weighted by Gasteiger charge is -2.07. The maximum Gasteiger partial charge on any atom is 0.0625 e. The monoisotopic (exact) mass is 224 g/mol. The lowest BCUT2D eigenvalue weighted by Crippen LogP contribution is -2.31. The minimum absolute atomic E-state index is 0.560. The van der Waals surface area contributed by atoms with E-state index in [9.17, 15) is 0 Å². The first kappa shape index (κ1) is 13.2. The van der Waals surface area contributed by atoms with Crippen LogP contribution in [0.15, 0.2) is 6.07 Å². The van der Waals surface area contributed by atoms with Gasteiger partial charge in [-0.15, -0.1) is 0 Å². The van der Waals surface area contributed by atoms with Crippen LogP contribution >= 0.6 is 0 Å². The fourth-order valence-electron chi connectivity index (χ4n) is 1.56. The second kappa shape index (κ2) is 7.41. The number of nitrogens with zero attached hydrogens (tertiary/aromatic N) is 1. The molecule has 0 radical (unpaired) electrons. The van der Waals surface area contributed by atoms with E-state index in [1.54, 1.807) is 0 Å². The van der Waals surface area contributed by atoms with Crippen LogP contribution in [0.5, 0.6) is 0 Å². The standard InChI is InChI=1S/C12H24N4/c1-4-5-11-8-12(16-15-11)9-13-6-7-14-10(2)3/h8,10,13-14H,4-7,9H2,1-3H3,(H,15,16). The summed E-state index contributed by atoms with van der Waals surface area (Å²) < 4.78 is 0. The van der Waals surface area contributed by atoms with Crippen LogP contribution in [0.2, 0.25) is 0 Å². The molecule has 0 aliphatic rings. The molecule has 1 aromatic rings. The third kappa shape index (κ3) is 5.28. The van der Waals surface area contributed by atoms with Gasteiger partial charge in [-0.2, -0.15) is 5.10 Å². The van der Waals surface area contributed by atoms with E-state index in [0.29, 0.717) is 6.04 Å². The fraction of sp³-hybridized carbons (Fsp3) is 0.750. The SMILES string of the molecule is CCCc1cc(CNCCNC(C)C)[nH]n1. The van der Waals surface area contributed by atoms with Crippen LogP contribution < -0.4 is 10.6 Å². The lowest BCUT2D eigenvalue weighted by atomic mass is 10.2. The van der Waals surface area contributed by atoms with Crippen molar-refractivity contribution < 1.29 is 0 Å². The summed E-state index contributed by atoms with van der Waals surface area (Å²) in [4.78, 5) is 0. The molecule has 4 heteroatoms. The van der Waals surface area contributed by atoms with Crippen molar-refractivity contribution in [3.05, 3.63) is 17.5 Å². The molecule has 1 heterocycles. The molecule has 3 N–H and O–H groups in total. The van der Waals surface area contributed by atoms with Crippen LogP contribution in [0.1, 0.15) is 38.6 Å². The van der Waals surface area contributed by atoms with Crippen LogP contribution in [0, 0.1) is 0 Å². The maximum atomic E-state index is 4.25. The third-order valence-corrected chi connectivity index (χ3v) is 2.36. The van der Waals surface area contributed by atoms with E-state index in [1.807, 2.05) is 0 Å². The molecule has 0 atom stereocenters. The molecule has 0 aliphatic heterocycles. The molecule has 0 amide bonds. The molecule has 4 nitrogen and oxygen atoms in total. The molecule has 0 aliphatic carbocycles. The first-order chi connectivity index (χ1) is 7.72. The molecule has 0 aromatic carbocycles. The van der Waals surface area contributed by atoms with Crippen molar-refractivity contribution in [2.45, 2.75) is 46.2 Å². The summed E-state index contributed by atoms with van der Waals surface area (Å²) >= 11 is 0. The number of H-pyrrole nitrogens is 1. The van der Waals surface area contributed by atoms with Gasteiger partial charge in [-0.1, -0.05) is 27.2 Å². The van der Waals surface area contributed by atoms with Gasteiger partial charge >= 0.3 is 0 Å². The van der Waals surface area contributed by atoms with Gasteiger partial charge in [0, 0.05) is 31.4 Å². The smallest absolute Gasteiger partial charge is 0.0625 e. The molecular weight excluding hydrogens is 200 g/mol.